The first-order chi connectivity index (χ1) is 10.0. The van der Waals surface area contributed by atoms with Gasteiger partial charge in [0.05, 0.1) is 12.7 Å². The van der Waals surface area contributed by atoms with Gasteiger partial charge in [-0.2, -0.15) is 0 Å². The van der Waals surface area contributed by atoms with Crippen molar-refractivity contribution >= 4 is 0 Å². The number of halogens is 2. The molecule has 3 rings (SSSR count). The van der Waals surface area contributed by atoms with Crippen molar-refractivity contribution in [3.8, 4) is 5.75 Å². The van der Waals surface area contributed by atoms with Crippen LogP contribution in [0.5, 0.6) is 5.75 Å². The van der Waals surface area contributed by atoms with Crippen LogP contribution in [-0.2, 0) is 18.4 Å². The molecule has 0 aromatic heterocycles. The van der Waals surface area contributed by atoms with E-state index in [0.717, 1.165) is 11.1 Å². The second-order valence-electron chi connectivity index (χ2n) is 5.48. The second kappa shape index (κ2) is 5.11. The number of methoxy groups -OCH3 is 1. The van der Waals surface area contributed by atoms with Gasteiger partial charge < -0.3 is 9.84 Å². The van der Waals surface area contributed by atoms with Crippen LogP contribution in [0.4, 0.5) is 8.78 Å². The molecule has 0 bridgehead atoms. The molecule has 4 heteroatoms. The van der Waals surface area contributed by atoms with E-state index in [2.05, 4.69) is 0 Å². The van der Waals surface area contributed by atoms with E-state index in [4.69, 9.17) is 4.74 Å². The van der Waals surface area contributed by atoms with Gasteiger partial charge in [-0.25, -0.2) is 8.78 Å². The molecule has 110 valence electrons. The Kier molecular flexibility index (Phi) is 3.41. The zero-order chi connectivity index (χ0) is 15.0. The molecule has 2 aromatic carbocycles. The van der Waals surface area contributed by atoms with E-state index >= 15 is 0 Å². The minimum atomic E-state index is -1.07. The average molecular weight is 290 g/mol. The molecule has 0 fully saturated rings. The summed E-state index contributed by atoms with van der Waals surface area (Å²) >= 11 is 0. The van der Waals surface area contributed by atoms with Crippen molar-refractivity contribution in [2.24, 2.45) is 0 Å². The van der Waals surface area contributed by atoms with Crippen molar-refractivity contribution in [2.45, 2.75) is 24.9 Å². The van der Waals surface area contributed by atoms with Crippen molar-refractivity contribution in [2.75, 3.05) is 7.11 Å². The summed E-state index contributed by atoms with van der Waals surface area (Å²) in [5.74, 6) is -0.566. The first-order valence-electron chi connectivity index (χ1n) is 6.85. The van der Waals surface area contributed by atoms with Crippen molar-refractivity contribution < 1.29 is 18.6 Å². The van der Waals surface area contributed by atoms with E-state index in [1.165, 1.54) is 25.3 Å². The number of hydrogen-bond acceptors (Lipinski definition) is 2. The van der Waals surface area contributed by atoms with Gasteiger partial charge in [-0.3, -0.25) is 0 Å². The van der Waals surface area contributed by atoms with Gasteiger partial charge >= 0.3 is 0 Å². The summed E-state index contributed by atoms with van der Waals surface area (Å²) in [6.07, 6.45) is 1.44. The Bertz CT molecular complexity index is 684. The summed E-state index contributed by atoms with van der Waals surface area (Å²) in [6.45, 7) is 0. The Morgan fingerprint density at radius 3 is 2.71 bits per heavy atom. The molecule has 0 aliphatic heterocycles. The molecule has 1 aliphatic rings. The molecule has 1 aliphatic carbocycles. The molecule has 21 heavy (non-hydrogen) atoms. The van der Waals surface area contributed by atoms with E-state index < -0.39 is 11.4 Å². The zero-order valence-corrected chi connectivity index (χ0v) is 11.7. The molecule has 0 radical (unpaired) electrons. The Hall–Kier alpha value is -1.94. The SMILES string of the molecule is COc1ccc(CC2(O)CCc3cc(F)ccc32)cc1F. The average Bonchev–Trinajstić information content (AvgIpc) is 2.76. The van der Waals surface area contributed by atoms with Crippen LogP contribution in [0, 0.1) is 11.6 Å². The number of aliphatic hydroxyl groups is 1. The first kappa shape index (κ1) is 14.0. The number of hydrogen-bond donors (Lipinski definition) is 1. The van der Waals surface area contributed by atoms with Crippen molar-refractivity contribution in [1.29, 1.82) is 0 Å². The fourth-order valence-corrected chi connectivity index (χ4v) is 3.04. The number of benzene rings is 2. The standard InChI is InChI=1S/C17H16F2O2/c1-21-16-5-2-11(8-15(16)19)10-17(20)7-6-12-9-13(18)3-4-14(12)17/h2-5,8-9,20H,6-7,10H2,1H3. The van der Waals surface area contributed by atoms with Gasteiger partial charge in [0.2, 0.25) is 0 Å². The number of aryl methyl sites for hydroxylation is 1. The van der Waals surface area contributed by atoms with Crippen LogP contribution in [0.2, 0.25) is 0 Å². The van der Waals surface area contributed by atoms with E-state index in [1.807, 2.05) is 0 Å². The quantitative estimate of drug-likeness (QED) is 0.939. The molecule has 2 aromatic rings. The number of rotatable bonds is 3. The Morgan fingerprint density at radius 1 is 1.19 bits per heavy atom. The normalized spacial score (nSPS) is 20.4. The summed E-state index contributed by atoms with van der Waals surface area (Å²) < 4.78 is 31.9. The first-order valence-corrected chi connectivity index (χ1v) is 6.85. The van der Waals surface area contributed by atoms with Crippen LogP contribution >= 0.6 is 0 Å². The third-order valence-corrected chi connectivity index (χ3v) is 4.09. The third kappa shape index (κ3) is 2.51. The van der Waals surface area contributed by atoms with Gasteiger partial charge in [0.1, 0.15) is 5.82 Å². The number of fused-ring (bicyclic) bond motifs is 1. The highest BCUT2D eigenvalue weighted by atomic mass is 19.1. The minimum absolute atomic E-state index is 0.180. The van der Waals surface area contributed by atoms with E-state index in [9.17, 15) is 13.9 Å². The van der Waals surface area contributed by atoms with Crippen molar-refractivity contribution in [1.82, 2.24) is 0 Å². The predicted molar refractivity (Wildman–Crippen MR) is 75.3 cm³/mol. The molecule has 0 spiro atoms. The molecule has 1 atom stereocenters. The summed E-state index contributed by atoms with van der Waals surface area (Å²) in [5, 5.41) is 10.8. The lowest BCUT2D eigenvalue weighted by atomic mass is 9.88. The fraction of sp³-hybridized carbons (Fsp3) is 0.294. The molecule has 0 saturated heterocycles. The highest BCUT2D eigenvalue weighted by Crippen LogP contribution is 2.40. The monoisotopic (exact) mass is 290 g/mol. The van der Waals surface area contributed by atoms with Crippen LogP contribution < -0.4 is 4.74 Å². The van der Waals surface area contributed by atoms with E-state index in [-0.39, 0.29) is 11.6 Å². The largest absolute Gasteiger partial charge is 0.494 e. The van der Waals surface area contributed by atoms with Crippen molar-refractivity contribution in [3.63, 3.8) is 0 Å². The predicted octanol–water partition coefficient (Wildman–Crippen LogP) is 3.35. The lowest BCUT2D eigenvalue weighted by molar-refractivity contribution is 0.0389. The Balaban J connectivity index is 1.90. The van der Waals surface area contributed by atoms with Crippen LogP contribution in [0.3, 0.4) is 0 Å². The lowest BCUT2D eigenvalue weighted by Crippen LogP contribution is -2.25. The van der Waals surface area contributed by atoms with Crippen LogP contribution in [0.15, 0.2) is 36.4 Å². The van der Waals surface area contributed by atoms with Crippen LogP contribution in [0.1, 0.15) is 23.1 Å². The summed E-state index contributed by atoms with van der Waals surface area (Å²) in [6, 6.07) is 9.09. The summed E-state index contributed by atoms with van der Waals surface area (Å²) in [7, 11) is 1.41. The van der Waals surface area contributed by atoms with Gasteiger partial charge in [-0.05, 0) is 53.8 Å². The summed E-state index contributed by atoms with van der Waals surface area (Å²) in [4.78, 5) is 0. The second-order valence-corrected chi connectivity index (χ2v) is 5.48. The van der Waals surface area contributed by atoms with Crippen LogP contribution in [0.25, 0.3) is 0 Å². The molecule has 1 N–H and O–H groups in total. The maximum Gasteiger partial charge on any atom is 0.165 e. The summed E-state index contributed by atoms with van der Waals surface area (Å²) in [5.41, 5.74) is 1.18. The van der Waals surface area contributed by atoms with Crippen molar-refractivity contribution in [3.05, 3.63) is 64.7 Å². The van der Waals surface area contributed by atoms with Gasteiger partial charge in [0.25, 0.3) is 0 Å². The Labute approximate surface area is 122 Å². The van der Waals surface area contributed by atoms with Gasteiger partial charge in [0, 0.05) is 6.42 Å². The van der Waals surface area contributed by atoms with Gasteiger partial charge in [0.15, 0.2) is 11.6 Å². The van der Waals surface area contributed by atoms with E-state index in [0.29, 0.717) is 24.8 Å². The smallest absolute Gasteiger partial charge is 0.165 e. The Morgan fingerprint density at radius 2 is 2.00 bits per heavy atom. The fourth-order valence-electron chi connectivity index (χ4n) is 3.04. The molecule has 0 heterocycles. The highest BCUT2D eigenvalue weighted by Gasteiger charge is 2.36. The van der Waals surface area contributed by atoms with Gasteiger partial charge in [-0.15, -0.1) is 0 Å². The topological polar surface area (TPSA) is 29.5 Å². The highest BCUT2D eigenvalue weighted by molar-refractivity contribution is 5.40. The molecular formula is C17H16F2O2. The molecule has 2 nitrogen and oxygen atoms in total. The number of ether oxygens (including phenoxy) is 1. The molecule has 1 unspecified atom stereocenters. The third-order valence-electron chi connectivity index (χ3n) is 4.09. The minimum Gasteiger partial charge on any atom is -0.494 e. The molecular weight excluding hydrogens is 274 g/mol. The maximum atomic E-state index is 13.7. The molecule has 0 saturated carbocycles. The van der Waals surface area contributed by atoms with Gasteiger partial charge in [-0.1, -0.05) is 12.1 Å². The van der Waals surface area contributed by atoms with Crippen LogP contribution in [-0.4, -0.2) is 12.2 Å². The zero-order valence-electron chi connectivity index (χ0n) is 11.7. The molecule has 0 amide bonds. The maximum absolute atomic E-state index is 13.7. The lowest BCUT2D eigenvalue weighted by Gasteiger charge is -2.24. The van der Waals surface area contributed by atoms with E-state index in [1.54, 1.807) is 18.2 Å².